The van der Waals surface area contributed by atoms with Crippen molar-refractivity contribution in [1.82, 2.24) is 4.98 Å². The monoisotopic (exact) mass is 218 g/mol. The molecule has 0 saturated carbocycles. The average Bonchev–Trinajstić information content (AvgIpc) is 2.60. The predicted octanol–water partition coefficient (Wildman–Crippen LogP) is 1.68. The standard InChI is InChI=1S/C12H14N2O2/c1-7-3-2-4-8-9(5-6-13)11(12(15)16)14-10(7)8/h2-4,14H,5-6,13H2,1H3,(H,15,16). The molecular weight excluding hydrogens is 204 g/mol. The van der Waals surface area contributed by atoms with Crippen molar-refractivity contribution in [2.45, 2.75) is 13.3 Å². The minimum absolute atomic E-state index is 0.259. The van der Waals surface area contributed by atoms with Crippen molar-refractivity contribution in [3.05, 3.63) is 35.0 Å². The normalized spacial score (nSPS) is 10.9. The SMILES string of the molecule is Cc1cccc2c(CCN)c(C(=O)O)[nH]c12. The van der Waals surface area contributed by atoms with Crippen LogP contribution in [0.2, 0.25) is 0 Å². The number of aromatic amines is 1. The van der Waals surface area contributed by atoms with Gasteiger partial charge in [0.05, 0.1) is 0 Å². The number of aromatic nitrogens is 1. The van der Waals surface area contributed by atoms with E-state index in [2.05, 4.69) is 4.98 Å². The number of rotatable bonds is 3. The van der Waals surface area contributed by atoms with E-state index in [1.807, 2.05) is 25.1 Å². The molecule has 16 heavy (non-hydrogen) atoms. The van der Waals surface area contributed by atoms with Crippen LogP contribution in [0.15, 0.2) is 18.2 Å². The zero-order chi connectivity index (χ0) is 11.7. The van der Waals surface area contributed by atoms with E-state index >= 15 is 0 Å². The molecule has 1 heterocycles. The van der Waals surface area contributed by atoms with Crippen LogP contribution in [0, 0.1) is 6.92 Å². The smallest absolute Gasteiger partial charge is 0.352 e. The van der Waals surface area contributed by atoms with Crippen molar-refractivity contribution in [1.29, 1.82) is 0 Å². The first-order valence-electron chi connectivity index (χ1n) is 5.18. The fourth-order valence-electron chi connectivity index (χ4n) is 2.01. The van der Waals surface area contributed by atoms with E-state index in [4.69, 9.17) is 10.8 Å². The fourth-order valence-corrected chi connectivity index (χ4v) is 2.01. The summed E-state index contributed by atoms with van der Waals surface area (Å²) in [4.78, 5) is 14.1. The molecule has 0 radical (unpaired) electrons. The van der Waals surface area contributed by atoms with Crippen LogP contribution >= 0.6 is 0 Å². The molecule has 2 rings (SSSR count). The van der Waals surface area contributed by atoms with Gasteiger partial charge in [0.1, 0.15) is 5.69 Å². The van der Waals surface area contributed by atoms with E-state index in [1.54, 1.807) is 0 Å². The summed E-state index contributed by atoms with van der Waals surface area (Å²) in [6, 6.07) is 5.81. The Hall–Kier alpha value is -1.81. The molecule has 0 spiro atoms. The predicted molar refractivity (Wildman–Crippen MR) is 62.8 cm³/mol. The number of nitrogens with one attached hydrogen (secondary N) is 1. The van der Waals surface area contributed by atoms with Crippen molar-refractivity contribution >= 4 is 16.9 Å². The molecule has 4 nitrogen and oxygen atoms in total. The molecule has 0 amide bonds. The van der Waals surface area contributed by atoms with Crippen LogP contribution in [-0.4, -0.2) is 22.6 Å². The summed E-state index contributed by atoms with van der Waals surface area (Å²) in [7, 11) is 0. The first-order valence-corrected chi connectivity index (χ1v) is 5.18. The number of nitrogens with two attached hydrogens (primary N) is 1. The Morgan fingerprint density at radius 3 is 2.88 bits per heavy atom. The molecule has 2 aromatic rings. The first-order chi connectivity index (χ1) is 7.65. The number of carbonyl (C=O) groups is 1. The van der Waals surface area contributed by atoms with Crippen LogP contribution in [0.4, 0.5) is 0 Å². The molecular formula is C12H14N2O2. The van der Waals surface area contributed by atoms with E-state index in [0.717, 1.165) is 22.0 Å². The van der Waals surface area contributed by atoms with Gasteiger partial charge >= 0.3 is 5.97 Å². The number of fused-ring (bicyclic) bond motifs is 1. The average molecular weight is 218 g/mol. The lowest BCUT2D eigenvalue weighted by Crippen LogP contribution is -2.07. The molecule has 1 aromatic heterocycles. The maximum absolute atomic E-state index is 11.1. The van der Waals surface area contributed by atoms with Crippen molar-refractivity contribution in [2.75, 3.05) is 6.54 Å². The summed E-state index contributed by atoms with van der Waals surface area (Å²) >= 11 is 0. The van der Waals surface area contributed by atoms with E-state index in [-0.39, 0.29) is 5.69 Å². The third-order valence-electron chi connectivity index (χ3n) is 2.76. The van der Waals surface area contributed by atoms with Gasteiger partial charge in [-0.25, -0.2) is 4.79 Å². The fraction of sp³-hybridized carbons (Fsp3) is 0.250. The number of hydrogen-bond acceptors (Lipinski definition) is 2. The summed E-state index contributed by atoms with van der Waals surface area (Å²) in [5.41, 5.74) is 8.51. The van der Waals surface area contributed by atoms with Crippen molar-refractivity contribution in [3.63, 3.8) is 0 Å². The summed E-state index contributed by atoms with van der Waals surface area (Å²) in [5, 5.41) is 10.1. The third kappa shape index (κ3) is 1.57. The number of hydrogen-bond donors (Lipinski definition) is 3. The Kier molecular flexibility index (Phi) is 2.66. The highest BCUT2D eigenvalue weighted by Gasteiger charge is 2.16. The van der Waals surface area contributed by atoms with Crippen LogP contribution in [0.25, 0.3) is 10.9 Å². The summed E-state index contributed by atoms with van der Waals surface area (Å²) in [6.45, 7) is 2.40. The third-order valence-corrected chi connectivity index (χ3v) is 2.76. The molecule has 0 aliphatic carbocycles. The van der Waals surface area contributed by atoms with E-state index in [9.17, 15) is 4.79 Å². The van der Waals surface area contributed by atoms with Gasteiger partial charge in [-0.05, 0) is 31.0 Å². The van der Waals surface area contributed by atoms with Crippen LogP contribution in [-0.2, 0) is 6.42 Å². The minimum atomic E-state index is -0.931. The number of aromatic carboxylic acids is 1. The summed E-state index contributed by atoms with van der Waals surface area (Å²) < 4.78 is 0. The van der Waals surface area contributed by atoms with Gasteiger partial charge in [0.15, 0.2) is 0 Å². The topological polar surface area (TPSA) is 79.1 Å². The Bertz CT molecular complexity index is 543. The molecule has 0 fully saturated rings. The Morgan fingerprint density at radius 2 is 2.25 bits per heavy atom. The molecule has 0 aliphatic rings. The molecule has 0 bridgehead atoms. The van der Waals surface area contributed by atoms with Crippen LogP contribution in [0.5, 0.6) is 0 Å². The minimum Gasteiger partial charge on any atom is -0.477 e. The highest BCUT2D eigenvalue weighted by molar-refractivity contribution is 5.98. The summed E-state index contributed by atoms with van der Waals surface area (Å²) in [5.74, 6) is -0.931. The second-order valence-corrected chi connectivity index (χ2v) is 3.82. The second-order valence-electron chi connectivity index (χ2n) is 3.82. The number of H-pyrrole nitrogens is 1. The number of aryl methyl sites for hydroxylation is 1. The molecule has 0 atom stereocenters. The number of carboxylic acids is 1. The zero-order valence-electron chi connectivity index (χ0n) is 9.08. The van der Waals surface area contributed by atoms with Gasteiger partial charge in [-0.3, -0.25) is 0 Å². The molecule has 0 saturated heterocycles. The summed E-state index contributed by atoms with van der Waals surface area (Å²) in [6.07, 6.45) is 0.574. The maximum Gasteiger partial charge on any atom is 0.352 e. The van der Waals surface area contributed by atoms with Gasteiger partial charge in [-0.15, -0.1) is 0 Å². The van der Waals surface area contributed by atoms with Crippen LogP contribution in [0.1, 0.15) is 21.6 Å². The second kappa shape index (κ2) is 3.98. The number of benzene rings is 1. The number of para-hydroxylation sites is 1. The Balaban J connectivity index is 2.75. The maximum atomic E-state index is 11.1. The Morgan fingerprint density at radius 1 is 1.50 bits per heavy atom. The van der Waals surface area contributed by atoms with Gasteiger partial charge in [0, 0.05) is 10.9 Å². The van der Waals surface area contributed by atoms with E-state index in [0.29, 0.717) is 13.0 Å². The van der Waals surface area contributed by atoms with Crippen molar-refractivity contribution in [3.8, 4) is 0 Å². The van der Waals surface area contributed by atoms with Gasteiger partial charge in [0.25, 0.3) is 0 Å². The molecule has 1 aromatic carbocycles. The zero-order valence-corrected chi connectivity index (χ0v) is 9.08. The van der Waals surface area contributed by atoms with Crippen molar-refractivity contribution < 1.29 is 9.90 Å². The highest BCUT2D eigenvalue weighted by Crippen LogP contribution is 2.25. The lowest BCUT2D eigenvalue weighted by atomic mass is 10.1. The largest absolute Gasteiger partial charge is 0.477 e. The quantitative estimate of drug-likeness (QED) is 0.733. The van der Waals surface area contributed by atoms with E-state index < -0.39 is 5.97 Å². The molecule has 4 heteroatoms. The first kappa shape index (κ1) is 10.7. The molecule has 0 aliphatic heterocycles. The van der Waals surface area contributed by atoms with Gasteiger partial charge < -0.3 is 15.8 Å². The van der Waals surface area contributed by atoms with Gasteiger partial charge in [-0.1, -0.05) is 18.2 Å². The molecule has 0 unspecified atom stereocenters. The van der Waals surface area contributed by atoms with E-state index in [1.165, 1.54) is 0 Å². The van der Waals surface area contributed by atoms with Gasteiger partial charge in [0.2, 0.25) is 0 Å². The van der Waals surface area contributed by atoms with Gasteiger partial charge in [-0.2, -0.15) is 0 Å². The lowest BCUT2D eigenvalue weighted by Gasteiger charge is -1.98. The molecule has 4 N–H and O–H groups in total. The highest BCUT2D eigenvalue weighted by atomic mass is 16.4. The van der Waals surface area contributed by atoms with Crippen LogP contribution in [0.3, 0.4) is 0 Å². The van der Waals surface area contributed by atoms with Crippen LogP contribution < -0.4 is 5.73 Å². The lowest BCUT2D eigenvalue weighted by molar-refractivity contribution is 0.0690. The Labute approximate surface area is 93.1 Å². The number of carboxylic acid groups (broad SMARTS) is 1. The molecule has 84 valence electrons. The van der Waals surface area contributed by atoms with Crippen molar-refractivity contribution in [2.24, 2.45) is 5.73 Å².